The first-order valence-corrected chi connectivity index (χ1v) is 5.72. The lowest BCUT2D eigenvalue weighted by molar-refractivity contribution is 0.407. The maximum atomic E-state index is 5.82. The van der Waals surface area contributed by atoms with Crippen molar-refractivity contribution in [3.8, 4) is 17.4 Å². The molecule has 0 unspecified atom stereocenters. The van der Waals surface area contributed by atoms with Gasteiger partial charge in [0.2, 0.25) is 5.88 Å². The molecule has 0 bridgehead atoms. The van der Waals surface area contributed by atoms with Gasteiger partial charge in [0, 0.05) is 24.4 Å². The lowest BCUT2D eigenvalue weighted by Gasteiger charge is -2.09. The van der Waals surface area contributed by atoms with E-state index in [1.54, 1.807) is 19.4 Å². The van der Waals surface area contributed by atoms with Gasteiger partial charge in [0.1, 0.15) is 11.5 Å². The topological polar surface area (TPSA) is 57.4 Å². The van der Waals surface area contributed by atoms with E-state index in [1.807, 2.05) is 37.3 Å². The van der Waals surface area contributed by atoms with Crippen molar-refractivity contribution < 1.29 is 9.47 Å². The Morgan fingerprint density at radius 2 is 1.94 bits per heavy atom. The summed E-state index contributed by atoms with van der Waals surface area (Å²) >= 11 is 0. The summed E-state index contributed by atoms with van der Waals surface area (Å²) in [7, 11) is 1.62. The minimum atomic E-state index is -0.0411. The van der Waals surface area contributed by atoms with Crippen molar-refractivity contribution in [3.63, 3.8) is 0 Å². The Balaban J connectivity index is 2.20. The molecular formula is C14H16N2O2. The fraction of sp³-hybridized carbons (Fsp3) is 0.214. The van der Waals surface area contributed by atoms with Gasteiger partial charge in [0.05, 0.1) is 7.11 Å². The zero-order valence-corrected chi connectivity index (χ0v) is 10.5. The van der Waals surface area contributed by atoms with E-state index in [0.717, 1.165) is 11.3 Å². The van der Waals surface area contributed by atoms with Crippen molar-refractivity contribution in [2.75, 3.05) is 7.11 Å². The largest absolute Gasteiger partial charge is 0.497 e. The van der Waals surface area contributed by atoms with Crippen molar-refractivity contribution in [2.24, 2.45) is 5.73 Å². The monoisotopic (exact) mass is 244 g/mol. The van der Waals surface area contributed by atoms with Gasteiger partial charge in [-0.05, 0) is 30.7 Å². The highest BCUT2D eigenvalue weighted by molar-refractivity contribution is 5.35. The molecule has 1 heterocycles. The number of nitrogens with two attached hydrogens (primary N) is 1. The Morgan fingerprint density at radius 3 is 2.67 bits per heavy atom. The molecule has 0 amide bonds. The molecule has 0 fully saturated rings. The van der Waals surface area contributed by atoms with Crippen molar-refractivity contribution in [3.05, 3.63) is 48.2 Å². The Kier molecular flexibility index (Phi) is 3.79. The molecule has 2 N–H and O–H groups in total. The van der Waals surface area contributed by atoms with E-state index in [1.165, 1.54) is 0 Å². The van der Waals surface area contributed by atoms with E-state index in [4.69, 9.17) is 15.2 Å². The molecule has 1 aromatic heterocycles. The van der Waals surface area contributed by atoms with E-state index >= 15 is 0 Å². The highest BCUT2D eigenvalue weighted by atomic mass is 16.5. The maximum absolute atomic E-state index is 5.82. The molecule has 1 atom stereocenters. The number of rotatable bonds is 4. The summed E-state index contributed by atoms with van der Waals surface area (Å²) in [5.41, 5.74) is 6.81. The van der Waals surface area contributed by atoms with E-state index < -0.39 is 0 Å². The van der Waals surface area contributed by atoms with Crippen LogP contribution in [-0.4, -0.2) is 12.1 Å². The molecule has 4 heteroatoms. The first-order chi connectivity index (χ1) is 8.69. The molecule has 0 aliphatic heterocycles. The van der Waals surface area contributed by atoms with Gasteiger partial charge in [0.15, 0.2) is 0 Å². The van der Waals surface area contributed by atoms with E-state index in [9.17, 15) is 0 Å². The molecule has 94 valence electrons. The fourth-order valence-corrected chi connectivity index (χ4v) is 1.55. The number of hydrogen-bond donors (Lipinski definition) is 1. The van der Waals surface area contributed by atoms with Crippen LogP contribution >= 0.6 is 0 Å². The van der Waals surface area contributed by atoms with Gasteiger partial charge < -0.3 is 15.2 Å². The minimum absolute atomic E-state index is 0.0411. The molecule has 1 aromatic carbocycles. The molecule has 0 aliphatic rings. The summed E-state index contributed by atoms with van der Waals surface area (Å²) in [5.74, 6) is 1.96. The van der Waals surface area contributed by atoms with Gasteiger partial charge in [-0.25, -0.2) is 4.98 Å². The predicted molar refractivity (Wildman–Crippen MR) is 69.9 cm³/mol. The van der Waals surface area contributed by atoms with Crippen LogP contribution in [0.1, 0.15) is 18.5 Å². The Labute approximate surface area is 106 Å². The molecule has 0 saturated carbocycles. The van der Waals surface area contributed by atoms with Crippen LogP contribution in [0.3, 0.4) is 0 Å². The number of aromatic nitrogens is 1. The van der Waals surface area contributed by atoms with Gasteiger partial charge in [-0.15, -0.1) is 0 Å². The van der Waals surface area contributed by atoms with Gasteiger partial charge in [-0.2, -0.15) is 0 Å². The summed E-state index contributed by atoms with van der Waals surface area (Å²) in [6.07, 6.45) is 1.69. The highest BCUT2D eigenvalue weighted by Crippen LogP contribution is 2.24. The summed E-state index contributed by atoms with van der Waals surface area (Å²) < 4.78 is 10.8. The fourth-order valence-electron chi connectivity index (χ4n) is 1.55. The lowest BCUT2D eigenvalue weighted by Crippen LogP contribution is -2.05. The van der Waals surface area contributed by atoms with Gasteiger partial charge in [-0.3, -0.25) is 0 Å². The quantitative estimate of drug-likeness (QED) is 0.898. The Bertz CT molecular complexity index is 527. The zero-order chi connectivity index (χ0) is 13.0. The zero-order valence-electron chi connectivity index (χ0n) is 10.5. The molecule has 0 spiro atoms. The standard InChI is InChI=1S/C14H16N2O2/c1-10(15)11-6-7-16-14(8-11)18-13-5-3-4-12(9-13)17-2/h3-10H,15H2,1-2H3/t10-/m1/s1. The van der Waals surface area contributed by atoms with Crippen molar-refractivity contribution >= 4 is 0 Å². The van der Waals surface area contributed by atoms with Crippen LogP contribution in [0.2, 0.25) is 0 Å². The molecule has 2 rings (SSSR count). The number of nitrogens with zero attached hydrogens (tertiary/aromatic N) is 1. The van der Waals surface area contributed by atoms with Crippen LogP contribution < -0.4 is 15.2 Å². The predicted octanol–water partition coefficient (Wildman–Crippen LogP) is 2.90. The van der Waals surface area contributed by atoms with Crippen molar-refractivity contribution in [1.82, 2.24) is 4.98 Å². The van der Waals surface area contributed by atoms with Gasteiger partial charge >= 0.3 is 0 Å². The lowest BCUT2D eigenvalue weighted by atomic mass is 10.1. The third kappa shape index (κ3) is 2.99. The summed E-state index contributed by atoms with van der Waals surface area (Å²) in [5, 5.41) is 0. The van der Waals surface area contributed by atoms with Crippen LogP contribution in [0, 0.1) is 0 Å². The number of methoxy groups -OCH3 is 1. The van der Waals surface area contributed by atoms with Gasteiger partial charge in [0.25, 0.3) is 0 Å². The first-order valence-electron chi connectivity index (χ1n) is 5.72. The molecule has 2 aromatic rings. The summed E-state index contributed by atoms with van der Waals surface area (Å²) in [6, 6.07) is 11.1. The molecule has 18 heavy (non-hydrogen) atoms. The van der Waals surface area contributed by atoms with Gasteiger partial charge in [-0.1, -0.05) is 6.07 Å². The molecule has 0 radical (unpaired) electrons. The van der Waals surface area contributed by atoms with E-state index in [0.29, 0.717) is 11.6 Å². The van der Waals surface area contributed by atoms with E-state index in [-0.39, 0.29) is 6.04 Å². The maximum Gasteiger partial charge on any atom is 0.219 e. The minimum Gasteiger partial charge on any atom is -0.497 e. The summed E-state index contributed by atoms with van der Waals surface area (Å²) in [6.45, 7) is 1.92. The smallest absolute Gasteiger partial charge is 0.219 e. The highest BCUT2D eigenvalue weighted by Gasteiger charge is 2.04. The number of pyridine rings is 1. The van der Waals surface area contributed by atoms with Crippen LogP contribution in [0.15, 0.2) is 42.6 Å². The Morgan fingerprint density at radius 1 is 1.17 bits per heavy atom. The van der Waals surface area contributed by atoms with Crippen LogP contribution in [0.4, 0.5) is 0 Å². The Hall–Kier alpha value is -2.07. The second-order valence-corrected chi connectivity index (χ2v) is 4.00. The second kappa shape index (κ2) is 5.51. The summed E-state index contributed by atoms with van der Waals surface area (Å²) in [4.78, 5) is 4.15. The number of hydrogen-bond acceptors (Lipinski definition) is 4. The average Bonchev–Trinajstić information content (AvgIpc) is 2.39. The molecule has 4 nitrogen and oxygen atoms in total. The second-order valence-electron chi connectivity index (χ2n) is 4.00. The van der Waals surface area contributed by atoms with Crippen LogP contribution in [-0.2, 0) is 0 Å². The molecular weight excluding hydrogens is 228 g/mol. The van der Waals surface area contributed by atoms with Crippen molar-refractivity contribution in [1.29, 1.82) is 0 Å². The molecule has 0 saturated heterocycles. The van der Waals surface area contributed by atoms with Crippen molar-refractivity contribution in [2.45, 2.75) is 13.0 Å². The normalized spacial score (nSPS) is 11.9. The average molecular weight is 244 g/mol. The third-order valence-corrected chi connectivity index (χ3v) is 2.55. The van der Waals surface area contributed by atoms with E-state index in [2.05, 4.69) is 4.98 Å². The third-order valence-electron chi connectivity index (χ3n) is 2.55. The number of ether oxygens (including phenoxy) is 2. The molecule has 0 aliphatic carbocycles. The number of benzene rings is 1. The van der Waals surface area contributed by atoms with Crippen LogP contribution in [0.5, 0.6) is 17.4 Å². The first kappa shape index (κ1) is 12.4. The SMILES string of the molecule is COc1cccc(Oc2cc([C@@H](C)N)ccn2)c1. The van der Waals surface area contributed by atoms with Crippen LogP contribution in [0.25, 0.3) is 0 Å².